The van der Waals surface area contributed by atoms with Crippen molar-refractivity contribution in [3.8, 4) is 23.0 Å². The third-order valence-corrected chi connectivity index (χ3v) is 4.10. The molecule has 0 aromatic heterocycles. The van der Waals surface area contributed by atoms with E-state index in [1.807, 2.05) is 0 Å². The topological polar surface area (TPSA) is 100 Å². The number of anilines is 1. The van der Waals surface area contributed by atoms with Crippen LogP contribution in [-0.2, 0) is 6.54 Å². The molecule has 7 nitrogen and oxygen atoms in total. The number of rotatable bonds is 9. The van der Waals surface area contributed by atoms with Crippen molar-refractivity contribution in [1.29, 1.82) is 0 Å². The molecule has 28 heavy (non-hydrogen) atoms. The third-order valence-electron chi connectivity index (χ3n) is 4.10. The van der Waals surface area contributed by atoms with Crippen LogP contribution in [-0.4, -0.2) is 30.0 Å². The predicted molar refractivity (Wildman–Crippen MR) is 108 cm³/mol. The van der Waals surface area contributed by atoms with Crippen LogP contribution in [0.1, 0.15) is 32.3 Å². The number of nitrogens with one attached hydrogen (secondary N) is 2. The van der Waals surface area contributed by atoms with Crippen LogP contribution in [0.5, 0.6) is 23.0 Å². The largest absolute Gasteiger partial charge is 0.504 e. The second-order valence-electron chi connectivity index (χ2n) is 6.88. The fraction of sp³-hybridized carbons (Fsp3) is 0.381. The summed E-state index contributed by atoms with van der Waals surface area (Å²) in [6, 6.07) is 9.18. The van der Waals surface area contributed by atoms with Gasteiger partial charge in [0.1, 0.15) is 0 Å². The number of ether oxygens (including phenoxy) is 2. The zero-order valence-electron chi connectivity index (χ0n) is 16.5. The molecule has 0 bridgehead atoms. The Labute approximate surface area is 165 Å². The SMILES string of the molecule is COc1ccc(NC(=O)NCc2ccc(O)c(O)c2)cc1OCCCC(C)C. The van der Waals surface area contributed by atoms with Gasteiger partial charge in [0.2, 0.25) is 0 Å². The first kappa shape index (κ1) is 21.2. The summed E-state index contributed by atoms with van der Waals surface area (Å²) in [5.74, 6) is 1.38. The fourth-order valence-electron chi connectivity index (χ4n) is 2.58. The van der Waals surface area contributed by atoms with E-state index in [-0.39, 0.29) is 18.0 Å². The molecule has 0 aliphatic carbocycles. The monoisotopic (exact) mass is 388 g/mol. The zero-order valence-corrected chi connectivity index (χ0v) is 16.5. The van der Waals surface area contributed by atoms with Crippen molar-refractivity contribution < 1.29 is 24.5 Å². The molecule has 0 radical (unpaired) electrons. The van der Waals surface area contributed by atoms with Gasteiger partial charge in [0.25, 0.3) is 0 Å². The Morgan fingerprint density at radius 3 is 2.54 bits per heavy atom. The van der Waals surface area contributed by atoms with E-state index < -0.39 is 6.03 Å². The van der Waals surface area contributed by atoms with Crippen LogP contribution in [0.2, 0.25) is 0 Å². The summed E-state index contributed by atoms with van der Waals surface area (Å²) in [5, 5.41) is 24.2. The lowest BCUT2D eigenvalue weighted by Gasteiger charge is -2.14. The number of amides is 2. The molecule has 0 spiro atoms. The molecule has 0 heterocycles. The summed E-state index contributed by atoms with van der Waals surface area (Å²) >= 11 is 0. The van der Waals surface area contributed by atoms with Crippen LogP contribution in [0, 0.1) is 5.92 Å². The summed E-state index contributed by atoms with van der Waals surface area (Å²) in [4.78, 5) is 12.1. The number of methoxy groups -OCH3 is 1. The highest BCUT2D eigenvalue weighted by Gasteiger charge is 2.09. The van der Waals surface area contributed by atoms with E-state index in [1.54, 1.807) is 31.4 Å². The van der Waals surface area contributed by atoms with Crippen LogP contribution in [0.15, 0.2) is 36.4 Å². The number of hydrogen-bond acceptors (Lipinski definition) is 5. The number of urea groups is 1. The van der Waals surface area contributed by atoms with Crippen LogP contribution in [0.25, 0.3) is 0 Å². The summed E-state index contributed by atoms with van der Waals surface area (Å²) < 4.78 is 11.1. The van der Waals surface area contributed by atoms with Gasteiger partial charge in [-0.05, 0) is 48.6 Å². The van der Waals surface area contributed by atoms with Gasteiger partial charge in [-0.2, -0.15) is 0 Å². The lowest BCUT2D eigenvalue weighted by molar-refractivity contribution is 0.251. The Morgan fingerprint density at radius 2 is 1.86 bits per heavy atom. The molecule has 0 unspecified atom stereocenters. The van der Waals surface area contributed by atoms with Gasteiger partial charge in [0.05, 0.1) is 13.7 Å². The van der Waals surface area contributed by atoms with E-state index >= 15 is 0 Å². The van der Waals surface area contributed by atoms with E-state index in [0.29, 0.717) is 35.3 Å². The molecular weight excluding hydrogens is 360 g/mol. The molecule has 2 amide bonds. The maximum absolute atomic E-state index is 12.1. The van der Waals surface area contributed by atoms with E-state index in [9.17, 15) is 15.0 Å². The van der Waals surface area contributed by atoms with Gasteiger partial charge in [-0.15, -0.1) is 0 Å². The number of phenols is 2. The molecular formula is C21H28N2O5. The maximum atomic E-state index is 12.1. The second-order valence-corrected chi connectivity index (χ2v) is 6.88. The van der Waals surface area contributed by atoms with Gasteiger partial charge in [0, 0.05) is 18.3 Å². The number of benzene rings is 2. The first-order chi connectivity index (χ1) is 13.4. The molecule has 0 atom stereocenters. The van der Waals surface area contributed by atoms with Crippen molar-refractivity contribution in [3.63, 3.8) is 0 Å². The van der Waals surface area contributed by atoms with Crippen LogP contribution < -0.4 is 20.1 Å². The molecule has 0 saturated carbocycles. The Bertz CT molecular complexity index is 792. The highest BCUT2D eigenvalue weighted by molar-refractivity contribution is 5.89. The average Bonchev–Trinajstić information content (AvgIpc) is 2.66. The number of carbonyl (C=O) groups is 1. The van der Waals surface area contributed by atoms with Crippen LogP contribution in [0.4, 0.5) is 10.5 Å². The first-order valence-corrected chi connectivity index (χ1v) is 9.25. The highest BCUT2D eigenvalue weighted by atomic mass is 16.5. The lowest BCUT2D eigenvalue weighted by Crippen LogP contribution is -2.28. The smallest absolute Gasteiger partial charge is 0.319 e. The molecule has 0 aliphatic heterocycles. The van der Waals surface area contributed by atoms with Gasteiger partial charge in [-0.1, -0.05) is 19.9 Å². The van der Waals surface area contributed by atoms with E-state index in [4.69, 9.17) is 9.47 Å². The van der Waals surface area contributed by atoms with Crippen LogP contribution >= 0.6 is 0 Å². The highest BCUT2D eigenvalue weighted by Crippen LogP contribution is 2.30. The molecule has 2 rings (SSSR count). The minimum Gasteiger partial charge on any atom is -0.504 e. The minimum atomic E-state index is -0.400. The van der Waals surface area contributed by atoms with E-state index in [1.165, 1.54) is 12.1 Å². The summed E-state index contributed by atoms with van der Waals surface area (Å²) in [5.41, 5.74) is 1.24. The van der Waals surface area contributed by atoms with E-state index in [0.717, 1.165) is 12.8 Å². The number of phenolic OH excluding ortho intramolecular Hbond substituents is 2. The van der Waals surface area contributed by atoms with Gasteiger partial charge in [-0.3, -0.25) is 0 Å². The summed E-state index contributed by atoms with van der Waals surface area (Å²) in [6.07, 6.45) is 2.02. The van der Waals surface area contributed by atoms with Crippen molar-refractivity contribution in [3.05, 3.63) is 42.0 Å². The van der Waals surface area contributed by atoms with Gasteiger partial charge in [0.15, 0.2) is 23.0 Å². The maximum Gasteiger partial charge on any atom is 0.319 e. The molecule has 7 heteroatoms. The zero-order chi connectivity index (χ0) is 20.5. The molecule has 0 saturated heterocycles. The average molecular weight is 388 g/mol. The molecule has 152 valence electrons. The molecule has 0 fully saturated rings. The Balaban J connectivity index is 1.91. The van der Waals surface area contributed by atoms with Crippen molar-refractivity contribution in [2.24, 2.45) is 5.92 Å². The van der Waals surface area contributed by atoms with Gasteiger partial charge < -0.3 is 30.3 Å². The van der Waals surface area contributed by atoms with Crippen LogP contribution in [0.3, 0.4) is 0 Å². The second kappa shape index (κ2) is 10.3. The quantitative estimate of drug-likeness (QED) is 0.380. The first-order valence-electron chi connectivity index (χ1n) is 9.25. The molecule has 0 aliphatic rings. The van der Waals surface area contributed by atoms with Crippen molar-refractivity contribution >= 4 is 11.7 Å². The van der Waals surface area contributed by atoms with Gasteiger partial charge in [-0.25, -0.2) is 4.79 Å². The van der Waals surface area contributed by atoms with Crippen molar-refractivity contribution in [1.82, 2.24) is 5.32 Å². The lowest BCUT2D eigenvalue weighted by atomic mass is 10.1. The van der Waals surface area contributed by atoms with Gasteiger partial charge >= 0.3 is 6.03 Å². The summed E-state index contributed by atoms with van der Waals surface area (Å²) in [7, 11) is 1.57. The Kier molecular flexibility index (Phi) is 7.80. The standard InChI is InChI=1S/C21H28N2O5/c1-14(2)5-4-10-28-20-12-16(7-9-19(20)27-3)23-21(26)22-13-15-6-8-17(24)18(25)11-15/h6-9,11-12,14,24-25H,4-5,10,13H2,1-3H3,(H2,22,23,26). The van der Waals surface area contributed by atoms with Crippen molar-refractivity contribution in [2.45, 2.75) is 33.2 Å². The number of aromatic hydroxyl groups is 2. The Hall–Kier alpha value is -3.09. The van der Waals surface area contributed by atoms with Crippen molar-refractivity contribution in [2.75, 3.05) is 19.0 Å². The molecule has 4 N–H and O–H groups in total. The normalized spacial score (nSPS) is 10.6. The summed E-state index contributed by atoms with van der Waals surface area (Å²) in [6.45, 7) is 5.12. The minimum absolute atomic E-state index is 0.202. The molecule has 2 aromatic carbocycles. The predicted octanol–water partition coefficient (Wildman–Crippen LogP) is 4.24. The number of carbonyl (C=O) groups excluding carboxylic acids is 1. The van der Waals surface area contributed by atoms with E-state index in [2.05, 4.69) is 24.5 Å². The Morgan fingerprint density at radius 1 is 1.07 bits per heavy atom. The fourth-order valence-corrected chi connectivity index (χ4v) is 2.58. The third kappa shape index (κ3) is 6.57. The number of hydrogen-bond donors (Lipinski definition) is 4. The molecule has 2 aromatic rings.